The van der Waals surface area contributed by atoms with Crippen LogP contribution in [0, 0.1) is 0 Å². The Morgan fingerprint density at radius 2 is 1.96 bits per heavy atom. The zero-order valence-corrected chi connectivity index (χ0v) is 15.4. The third-order valence-electron chi connectivity index (χ3n) is 5.16. The van der Waals surface area contributed by atoms with Gasteiger partial charge >= 0.3 is 0 Å². The minimum absolute atomic E-state index is 0.0136. The van der Waals surface area contributed by atoms with Gasteiger partial charge in [0.2, 0.25) is 0 Å². The Bertz CT molecular complexity index is 555. The molecule has 0 saturated carbocycles. The summed E-state index contributed by atoms with van der Waals surface area (Å²) < 4.78 is 11.6. The molecular weight excluding hydrogens is 316 g/mol. The fourth-order valence-corrected chi connectivity index (χ4v) is 3.55. The maximum absolute atomic E-state index is 12.8. The van der Waals surface area contributed by atoms with Gasteiger partial charge in [-0.2, -0.15) is 0 Å². The molecule has 2 heterocycles. The highest BCUT2D eigenvalue weighted by molar-refractivity contribution is 5.94. The van der Waals surface area contributed by atoms with Crippen LogP contribution in [0.5, 0.6) is 0 Å². The number of anilines is 1. The predicted molar refractivity (Wildman–Crippen MR) is 99.2 cm³/mol. The van der Waals surface area contributed by atoms with E-state index in [1.165, 1.54) is 12.8 Å². The minimum atomic E-state index is 0.0136. The van der Waals surface area contributed by atoms with Crippen LogP contribution in [0.2, 0.25) is 0 Å². The van der Waals surface area contributed by atoms with E-state index in [0.29, 0.717) is 19.7 Å². The van der Waals surface area contributed by atoms with E-state index in [-0.39, 0.29) is 18.1 Å². The third kappa shape index (κ3) is 4.53. The molecule has 0 unspecified atom stereocenters. The molecule has 2 saturated heterocycles. The second-order valence-corrected chi connectivity index (χ2v) is 7.03. The lowest BCUT2D eigenvalue weighted by atomic mass is 10.1. The Labute approximate surface area is 150 Å². The summed E-state index contributed by atoms with van der Waals surface area (Å²) in [6.45, 7) is 5.92. The van der Waals surface area contributed by atoms with E-state index in [9.17, 15) is 4.79 Å². The van der Waals surface area contributed by atoms with Crippen LogP contribution >= 0.6 is 0 Å². The minimum Gasteiger partial charge on any atom is -0.375 e. The van der Waals surface area contributed by atoms with Gasteiger partial charge in [0.1, 0.15) is 6.10 Å². The summed E-state index contributed by atoms with van der Waals surface area (Å²) in [5.41, 5.74) is 1.91. The number of unbranched alkanes of at least 4 members (excludes halogenated alkanes) is 1. The highest BCUT2D eigenvalue weighted by Crippen LogP contribution is 2.22. The molecule has 2 aliphatic rings. The molecule has 0 radical (unpaired) electrons. The van der Waals surface area contributed by atoms with Gasteiger partial charge in [-0.05, 0) is 43.5 Å². The van der Waals surface area contributed by atoms with Gasteiger partial charge in [0, 0.05) is 44.5 Å². The summed E-state index contributed by atoms with van der Waals surface area (Å²) in [7, 11) is 2.10. The number of hydrogen-bond donors (Lipinski definition) is 0. The van der Waals surface area contributed by atoms with Crippen molar-refractivity contribution in [3.05, 3.63) is 29.8 Å². The Balaban J connectivity index is 1.60. The van der Waals surface area contributed by atoms with E-state index >= 15 is 0 Å². The van der Waals surface area contributed by atoms with Crippen molar-refractivity contribution in [3.8, 4) is 0 Å². The van der Waals surface area contributed by atoms with Crippen LogP contribution < -0.4 is 4.90 Å². The molecule has 2 atom stereocenters. The zero-order valence-electron chi connectivity index (χ0n) is 15.4. The van der Waals surface area contributed by atoms with Gasteiger partial charge in [0.15, 0.2) is 0 Å². The van der Waals surface area contributed by atoms with E-state index in [4.69, 9.17) is 9.47 Å². The molecule has 2 fully saturated rings. The number of benzene rings is 1. The Morgan fingerprint density at radius 1 is 1.20 bits per heavy atom. The molecule has 0 bridgehead atoms. The number of carbonyl (C=O) groups is 1. The Morgan fingerprint density at radius 3 is 2.64 bits per heavy atom. The number of rotatable bonds is 6. The first-order valence-electron chi connectivity index (χ1n) is 9.52. The van der Waals surface area contributed by atoms with Crippen molar-refractivity contribution in [1.29, 1.82) is 0 Å². The highest BCUT2D eigenvalue weighted by atomic mass is 16.5. The fraction of sp³-hybridized carbons (Fsp3) is 0.650. The number of carbonyl (C=O) groups excluding carboxylic acids is 1. The van der Waals surface area contributed by atoms with E-state index in [1.54, 1.807) is 0 Å². The molecule has 5 nitrogen and oxygen atoms in total. The topological polar surface area (TPSA) is 42.0 Å². The molecule has 138 valence electrons. The molecule has 1 aromatic rings. The van der Waals surface area contributed by atoms with Crippen LogP contribution in [0.3, 0.4) is 0 Å². The molecule has 25 heavy (non-hydrogen) atoms. The van der Waals surface area contributed by atoms with Gasteiger partial charge in [-0.15, -0.1) is 0 Å². The molecule has 1 aromatic carbocycles. The number of hydrogen-bond acceptors (Lipinski definition) is 4. The molecule has 0 N–H and O–H groups in total. The van der Waals surface area contributed by atoms with Gasteiger partial charge in [0.25, 0.3) is 5.91 Å². The van der Waals surface area contributed by atoms with Gasteiger partial charge < -0.3 is 19.3 Å². The van der Waals surface area contributed by atoms with Crippen LogP contribution in [-0.4, -0.2) is 62.9 Å². The molecule has 5 heteroatoms. The van der Waals surface area contributed by atoms with E-state index in [2.05, 4.69) is 18.9 Å². The maximum Gasteiger partial charge on any atom is 0.254 e. The summed E-state index contributed by atoms with van der Waals surface area (Å²) in [4.78, 5) is 17.0. The summed E-state index contributed by atoms with van der Waals surface area (Å²) in [6, 6.07) is 7.97. The Kier molecular flexibility index (Phi) is 6.32. The monoisotopic (exact) mass is 346 g/mol. The van der Waals surface area contributed by atoms with Crippen LogP contribution in [0.25, 0.3) is 0 Å². The van der Waals surface area contributed by atoms with Crippen molar-refractivity contribution >= 4 is 11.6 Å². The van der Waals surface area contributed by atoms with Crippen molar-refractivity contribution in [2.45, 2.75) is 44.8 Å². The van der Waals surface area contributed by atoms with Crippen molar-refractivity contribution in [3.63, 3.8) is 0 Å². The second kappa shape index (κ2) is 8.68. The van der Waals surface area contributed by atoms with Crippen LogP contribution in [0.4, 0.5) is 5.69 Å². The molecule has 3 rings (SSSR count). The van der Waals surface area contributed by atoms with Crippen molar-refractivity contribution in [1.82, 2.24) is 4.90 Å². The largest absolute Gasteiger partial charge is 0.375 e. The third-order valence-corrected chi connectivity index (χ3v) is 5.16. The smallest absolute Gasteiger partial charge is 0.254 e. The van der Waals surface area contributed by atoms with Gasteiger partial charge in [-0.1, -0.05) is 13.3 Å². The normalized spacial score (nSPS) is 23.7. The summed E-state index contributed by atoms with van der Waals surface area (Å²) in [6.07, 6.45) is 4.64. The van der Waals surface area contributed by atoms with Crippen molar-refractivity contribution in [2.75, 3.05) is 44.8 Å². The lowest BCUT2D eigenvalue weighted by molar-refractivity contribution is -0.0867. The average Bonchev–Trinajstić information content (AvgIpc) is 3.20. The van der Waals surface area contributed by atoms with Crippen molar-refractivity contribution in [2.24, 2.45) is 0 Å². The number of nitrogens with zero attached hydrogens (tertiary/aromatic N) is 2. The number of morpholine rings is 1. The van der Waals surface area contributed by atoms with Crippen molar-refractivity contribution < 1.29 is 14.3 Å². The molecule has 0 aromatic heterocycles. The van der Waals surface area contributed by atoms with Crippen LogP contribution in [0.15, 0.2) is 24.3 Å². The maximum atomic E-state index is 12.8. The summed E-state index contributed by atoms with van der Waals surface area (Å²) in [5.74, 6) is 0.0917. The molecule has 2 aliphatic heterocycles. The summed E-state index contributed by atoms with van der Waals surface area (Å²) in [5, 5.41) is 0. The standard InChI is InChI=1S/C20H30N2O3/c1-3-4-11-21(2)17-9-7-16(8-10-17)20(23)22-12-14-25-19(15-22)18-6-5-13-24-18/h7-10,18-19H,3-6,11-15H2,1-2H3/t18-,19+/m0/s1. The first kappa shape index (κ1) is 18.2. The average molecular weight is 346 g/mol. The quantitative estimate of drug-likeness (QED) is 0.794. The van der Waals surface area contributed by atoms with Gasteiger partial charge in [-0.25, -0.2) is 0 Å². The Hall–Kier alpha value is -1.59. The SMILES string of the molecule is CCCCN(C)c1ccc(C(=O)N2CCO[C@@H]([C@@H]3CCCO3)C2)cc1. The second-order valence-electron chi connectivity index (χ2n) is 7.03. The number of amides is 1. The first-order chi connectivity index (χ1) is 12.2. The van der Waals surface area contributed by atoms with Crippen LogP contribution in [0.1, 0.15) is 43.0 Å². The highest BCUT2D eigenvalue weighted by Gasteiger charge is 2.33. The fourth-order valence-electron chi connectivity index (χ4n) is 3.55. The predicted octanol–water partition coefficient (Wildman–Crippen LogP) is 2.94. The number of ether oxygens (including phenoxy) is 2. The van der Waals surface area contributed by atoms with E-state index < -0.39 is 0 Å². The molecule has 1 amide bonds. The zero-order chi connectivity index (χ0) is 17.6. The molecule has 0 aliphatic carbocycles. The summed E-state index contributed by atoms with van der Waals surface area (Å²) >= 11 is 0. The van der Waals surface area contributed by atoms with Gasteiger partial charge in [-0.3, -0.25) is 4.79 Å². The van der Waals surface area contributed by atoms with Gasteiger partial charge in [0.05, 0.1) is 12.7 Å². The van der Waals surface area contributed by atoms with E-state index in [0.717, 1.165) is 37.2 Å². The van der Waals surface area contributed by atoms with Crippen LogP contribution in [-0.2, 0) is 9.47 Å². The lowest BCUT2D eigenvalue weighted by Gasteiger charge is -2.35. The van der Waals surface area contributed by atoms with E-state index in [1.807, 2.05) is 29.2 Å². The lowest BCUT2D eigenvalue weighted by Crippen LogP contribution is -2.49. The first-order valence-corrected chi connectivity index (χ1v) is 9.52. The molecular formula is C20H30N2O3. The molecule has 0 spiro atoms.